The van der Waals surface area contributed by atoms with Crippen molar-refractivity contribution >= 4 is 17.6 Å². The zero-order chi connectivity index (χ0) is 25.6. The zero-order valence-electron chi connectivity index (χ0n) is 20.9. The predicted molar refractivity (Wildman–Crippen MR) is 130 cm³/mol. The van der Waals surface area contributed by atoms with E-state index in [-0.39, 0.29) is 17.5 Å². The van der Waals surface area contributed by atoms with Gasteiger partial charge in [-0.25, -0.2) is 0 Å². The van der Waals surface area contributed by atoms with Gasteiger partial charge in [0.25, 0.3) is 11.7 Å². The van der Waals surface area contributed by atoms with E-state index in [2.05, 4.69) is 0 Å². The van der Waals surface area contributed by atoms with E-state index in [1.165, 1.54) is 31.3 Å². The third-order valence-electron chi connectivity index (χ3n) is 7.56. The summed E-state index contributed by atoms with van der Waals surface area (Å²) in [6.07, 6.45) is 2.68. The smallest absolute Gasteiger partial charge is 0.295 e. The maximum absolute atomic E-state index is 13.8. The lowest BCUT2D eigenvalue weighted by Crippen LogP contribution is -2.68. The van der Waals surface area contributed by atoms with Gasteiger partial charge in [-0.3, -0.25) is 14.4 Å². The van der Waals surface area contributed by atoms with Crippen LogP contribution >= 0.6 is 0 Å². The molecule has 2 saturated heterocycles. The molecule has 9 heteroatoms. The highest BCUT2D eigenvalue weighted by Gasteiger charge is 2.54. The Kier molecular flexibility index (Phi) is 6.24. The Balaban J connectivity index is 1.57. The van der Waals surface area contributed by atoms with Gasteiger partial charge in [0, 0.05) is 29.8 Å². The molecule has 0 aliphatic carbocycles. The minimum absolute atomic E-state index is 0.121. The first kappa shape index (κ1) is 24.0. The molecule has 190 valence electrons. The van der Waals surface area contributed by atoms with Gasteiger partial charge >= 0.3 is 0 Å². The Labute approximate surface area is 209 Å². The molecule has 36 heavy (non-hydrogen) atoms. The summed E-state index contributed by atoms with van der Waals surface area (Å²) < 4.78 is 21.7. The zero-order valence-corrected chi connectivity index (χ0v) is 20.9. The van der Waals surface area contributed by atoms with Crippen molar-refractivity contribution in [1.82, 2.24) is 9.80 Å². The largest absolute Gasteiger partial charge is 0.497 e. The van der Waals surface area contributed by atoms with Gasteiger partial charge < -0.3 is 28.7 Å². The molecule has 0 aromatic heterocycles. The van der Waals surface area contributed by atoms with Gasteiger partial charge in [-0.15, -0.1) is 0 Å². The van der Waals surface area contributed by atoms with E-state index in [1.54, 1.807) is 20.3 Å². The van der Waals surface area contributed by atoms with Gasteiger partial charge in [0.05, 0.1) is 40.5 Å². The first-order valence-corrected chi connectivity index (χ1v) is 12.1. The average molecular weight is 495 g/mol. The van der Waals surface area contributed by atoms with Crippen LogP contribution in [-0.4, -0.2) is 74.5 Å². The summed E-state index contributed by atoms with van der Waals surface area (Å²) in [6.45, 7) is 0.545. The number of Topliss-reactive ketones (excluding diaryl/α,β-unsaturated/α-hetero) is 1. The summed E-state index contributed by atoms with van der Waals surface area (Å²) in [5.41, 5.74) is 2.08. The van der Waals surface area contributed by atoms with Gasteiger partial charge in [0.15, 0.2) is 0 Å². The molecule has 0 N–H and O–H groups in total. The number of nitrogens with zero attached hydrogens (tertiary/aromatic N) is 2. The van der Waals surface area contributed by atoms with Crippen molar-refractivity contribution < 1.29 is 33.3 Å². The Bertz CT molecular complexity index is 1190. The van der Waals surface area contributed by atoms with Crippen molar-refractivity contribution in [2.24, 2.45) is 0 Å². The lowest BCUT2D eigenvalue weighted by atomic mass is 9.78. The number of carbonyl (C=O) groups is 3. The van der Waals surface area contributed by atoms with Gasteiger partial charge in [0.2, 0.25) is 5.91 Å². The molecule has 2 aromatic rings. The van der Waals surface area contributed by atoms with Crippen LogP contribution in [-0.2, 0) is 16.0 Å². The topological polar surface area (TPSA) is 94.6 Å². The number of methoxy groups -OCH3 is 4. The van der Waals surface area contributed by atoms with Crippen molar-refractivity contribution in [2.45, 2.75) is 43.8 Å². The van der Waals surface area contributed by atoms with Crippen LogP contribution in [0.3, 0.4) is 0 Å². The highest BCUT2D eigenvalue weighted by Crippen LogP contribution is 2.48. The molecule has 2 aromatic carbocycles. The molecule has 3 aliphatic heterocycles. The van der Waals surface area contributed by atoms with Gasteiger partial charge in [-0.1, -0.05) is 0 Å². The summed E-state index contributed by atoms with van der Waals surface area (Å²) in [5.74, 6) is 0.613. The maximum atomic E-state index is 13.8. The molecule has 0 saturated carbocycles. The van der Waals surface area contributed by atoms with Crippen molar-refractivity contribution in [3.05, 3.63) is 47.0 Å². The number of hydrogen-bond acceptors (Lipinski definition) is 7. The number of hydrogen-bond donors (Lipinski definition) is 0. The van der Waals surface area contributed by atoms with Crippen LogP contribution in [0.5, 0.6) is 23.0 Å². The molecular weight excluding hydrogens is 464 g/mol. The van der Waals surface area contributed by atoms with Crippen LogP contribution in [0.4, 0.5) is 0 Å². The lowest BCUT2D eigenvalue weighted by molar-refractivity contribution is -0.164. The van der Waals surface area contributed by atoms with E-state index in [0.29, 0.717) is 48.8 Å². The van der Waals surface area contributed by atoms with E-state index in [0.717, 1.165) is 17.5 Å². The molecule has 2 fully saturated rings. The number of carbonyl (C=O) groups excluding carboxylic acids is 3. The molecule has 5 rings (SSSR count). The van der Waals surface area contributed by atoms with Gasteiger partial charge in [-0.05, 0) is 49.4 Å². The van der Waals surface area contributed by atoms with Gasteiger partial charge in [-0.2, -0.15) is 0 Å². The first-order chi connectivity index (χ1) is 17.4. The van der Waals surface area contributed by atoms with Crippen LogP contribution in [0.15, 0.2) is 30.3 Å². The molecule has 3 atom stereocenters. The molecule has 1 unspecified atom stereocenters. The molecule has 9 nitrogen and oxygen atoms in total. The number of piperidine rings is 1. The number of ether oxygens (including phenoxy) is 4. The molecular formula is C27H30N2O7. The first-order valence-electron chi connectivity index (χ1n) is 12.1. The highest BCUT2D eigenvalue weighted by molar-refractivity contribution is 6.43. The van der Waals surface area contributed by atoms with Gasteiger partial charge in [0.1, 0.15) is 29.0 Å². The van der Waals surface area contributed by atoms with E-state index in [9.17, 15) is 14.4 Å². The standard InChI is InChI=1S/C27H30N2O7/c1-33-17-11-16(12-18(13-17)34-2)25(30)27(32)29-20-6-5-7-21(29)26(31)28-9-8-15-10-19(35-3)14-22(36-4)23(15)24(20)28/h10-14,20-21,24H,5-9H2,1-4H3/t20-,21+,24?/m1/s1. The fraction of sp³-hybridized carbons (Fsp3) is 0.444. The van der Waals surface area contributed by atoms with E-state index < -0.39 is 23.8 Å². The summed E-state index contributed by atoms with van der Waals surface area (Å²) in [4.78, 5) is 44.3. The van der Waals surface area contributed by atoms with E-state index in [4.69, 9.17) is 18.9 Å². The Morgan fingerprint density at radius 1 is 0.861 bits per heavy atom. The normalized spacial score (nSPS) is 22.3. The van der Waals surface area contributed by atoms with Crippen molar-refractivity contribution in [3.63, 3.8) is 0 Å². The molecule has 2 bridgehead atoms. The van der Waals surface area contributed by atoms with Crippen LogP contribution in [0, 0.1) is 0 Å². The quantitative estimate of drug-likeness (QED) is 0.450. The van der Waals surface area contributed by atoms with Crippen LogP contribution < -0.4 is 18.9 Å². The summed E-state index contributed by atoms with van der Waals surface area (Å²) in [7, 11) is 6.16. The Morgan fingerprint density at radius 2 is 1.53 bits per heavy atom. The second-order valence-corrected chi connectivity index (χ2v) is 9.29. The molecule has 0 radical (unpaired) electrons. The average Bonchev–Trinajstić information content (AvgIpc) is 2.93. The minimum atomic E-state index is -0.692. The molecule has 3 aliphatic rings. The Hall–Kier alpha value is -3.75. The third kappa shape index (κ3) is 3.73. The minimum Gasteiger partial charge on any atom is -0.497 e. The fourth-order valence-corrected chi connectivity index (χ4v) is 5.91. The Morgan fingerprint density at radius 3 is 2.17 bits per heavy atom. The lowest BCUT2D eigenvalue weighted by Gasteiger charge is -2.55. The maximum Gasteiger partial charge on any atom is 0.295 e. The number of fused-ring (bicyclic) bond motifs is 6. The van der Waals surface area contributed by atoms with E-state index in [1.807, 2.05) is 17.0 Å². The predicted octanol–water partition coefficient (Wildman–Crippen LogP) is 2.79. The number of benzene rings is 2. The highest BCUT2D eigenvalue weighted by atomic mass is 16.5. The second kappa shape index (κ2) is 9.37. The summed E-state index contributed by atoms with van der Waals surface area (Å²) in [5, 5.41) is 0. The van der Waals surface area contributed by atoms with Crippen molar-refractivity contribution in [2.75, 3.05) is 35.0 Å². The SMILES string of the molecule is COc1cc(OC)cc(C(=O)C(=O)N2[C@@H]3CCC[C@H]2C(=O)N2CCc4cc(OC)cc(OC)c4C32)c1. The number of amides is 2. The summed E-state index contributed by atoms with van der Waals surface area (Å²) in [6, 6.07) is 7.05. The fourth-order valence-electron chi connectivity index (χ4n) is 5.91. The molecule has 3 heterocycles. The molecule has 0 spiro atoms. The van der Waals surface area contributed by atoms with Crippen LogP contribution in [0.1, 0.15) is 46.8 Å². The molecule has 2 amide bonds. The second-order valence-electron chi connectivity index (χ2n) is 9.29. The van der Waals surface area contributed by atoms with Crippen LogP contribution in [0.2, 0.25) is 0 Å². The van der Waals surface area contributed by atoms with Crippen LogP contribution in [0.25, 0.3) is 0 Å². The number of ketones is 1. The van der Waals surface area contributed by atoms with Crippen molar-refractivity contribution in [1.29, 1.82) is 0 Å². The third-order valence-corrected chi connectivity index (χ3v) is 7.56. The monoisotopic (exact) mass is 494 g/mol. The van der Waals surface area contributed by atoms with Crippen molar-refractivity contribution in [3.8, 4) is 23.0 Å². The number of rotatable bonds is 6. The number of piperazine rings is 1. The summed E-state index contributed by atoms with van der Waals surface area (Å²) >= 11 is 0. The van der Waals surface area contributed by atoms with E-state index >= 15 is 0 Å².